The molecule has 0 aromatic carbocycles. The molecule has 0 bridgehead atoms. The Morgan fingerprint density at radius 1 is 1.75 bits per heavy atom. The second-order valence-corrected chi connectivity index (χ2v) is 2.21. The quantitative estimate of drug-likeness (QED) is 0.557. The van der Waals surface area contributed by atoms with Crippen LogP contribution < -0.4 is 5.56 Å². The number of nitriles is 1. The third kappa shape index (κ3) is 1.80. The molecule has 0 aliphatic heterocycles. The highest BCUT2D eigenvalue weighted by Crippen LogP contribution is 1.93. The molecular formula is C8H7N3O. The molecule has 0 spiro atoms. The van der Waals surface area contributed by atoms with Gasteiger partial charge in [0.1, 0.15) is 0 Å². The molecule has 0 saturated heterocycles. The van der Waals surface area contributed by atoms with E-state index in [0.29, 0.717) is 5.56 Å². The lowest BCUT2D eigenvalue weighted by atomic mass is 10.3. The fourth-order valence-corrected chi connectivity index (χ4v) is 0.708. The van der Waals surface area contributed by atoms with E-state index >= 15 is 0 Å². The van der Waals surface area contributed by atoms with Crippen LogP contribution in [0.5, 0.6) is 0 Å². The summed E-state index contributed by atoms with van der Waals surface area (Å²) in [5.74, 6) is 0. The standard InChI is InChI=1S/C8H7N3O/c1-11-8(12)5-7(6-10-11)3-2-4-9/h2-3,5-6H,1H3/b3-2+. The molecule has 0 unspecified atom stereocenters. The normalized spacial score (nSPS) is 10.0. The Labute approximate surface area is 69.4 Å². The highest BCUT2D eigenvalue weighted by molar-refractivity contribution is 5.49. The lowest BCUT2D eigenvalue weighted by molar-refractivity contribution is 0.706. The van der Waals surface area contributed by atoms with Crippen molar-refractivity contribution >= 4 is 6.08 Å². The van der Waals surface area contributed by atoms with E-state index in [1.165, 1.54) is 29.1 Å². The van der Waals surface area contributed by atoms with Crippen LogP contribution >= 0.6 is 0 Å². The molecule has 1 rings (SSSR count). The fraction of sp³-hybridized carbons (Fsp3) is 0.125. The van der Waals surface area contributed by atoms with Gasteiger partial charge in [-0.2, -0.15) is 10.4 Å². The zero-order valence-electron chi connectivity index (χ0n) is 6.56. The summed E-state index contributed by atoms with van der Waals surface area (Å²) < 4.78 is 1.23. The maximum absolute atomic E-state index is 11.0. The fourth-order valence-electron chi connectivity index (χ4n) is 0.708. The average molecular weight is 161 g/mol. The molecule has 1 aromatic rings. The summed E-state index contributed by atoms with van der Waals surface area (Å²) in [5, 5.41) is 12.0. The minimum Gasteiger partial charge on any atom is -0.268 e. The SMILES string of the molecule is Cn1ncc(/C=C/C#N)cc1=O. The molecule has 0 aliphatic carbocycles. The van der Waals surface area contributed by atoms with Gasteiger partial charge in [0, 0.05) is 24.8 Å². The van der Waals surface area contributed by atoms with Crippen molar-refractivity contribution in [3.63, 3.8) is 0 Å². The van der Waals surface area contributed by atoms with Crippen LogP contribution in [0.4, 0.5) is 0 Å². The van der Waals surface area contributed by atoms with Crippen LogP contribution in [0.25, 0.3) is 6.08 Å². The van der Waals surface area contributed by atoms with Gasteiger partial charge in [-0.25, -0.2) is 4.68 Å². The second-order valence-electron chi connectivity index (χ2n) is 2.21. The maximum atomic E-state index is 11.0. The predicted molar refractivity (Wildman–Crippen MR) is 44.1 cm³/mol. The summed E-state index contributed by atoms with van der Waals surface area (Å²) in [4.78, 5) is 11.0. The summed E-state index contributed by atoms with van der Waals surface area (Å²) in [7, 11) is 1.57. The lowest BCUT2D eigenvalue weighted by Crippen LogP contribution is -2.17. The predicted octanol–water partition coefficient (Wildman–Crippen LogP) is 0.317. The number of hydrogen-bond acceptors (Lipinski definition) is 3. The van der Waals surface area contributed by atoms with Crippen molar-refractivity contribution in [1.29, 1.82) is 5.26 Å². The Morgan fingerprint density at radius 2 is 2.50 bits per heavy atom. The highest BCUT2D eigenvalue weighted by atomic mass is 16.1. The summed E-state index contributed by atoms with van der Waals surface area (Å²) in [6, 6.07) is 3.25. The highest BCUT2D eigenvalue weighted by Gasteiger charge is 1.91. The van der Waals surface area contributed by atoms with E-state index in [0.717, 1.165) is 0 Å². The topological polar surface area (TPSA) is 58.7 Å². The molecule has 0 atom stereocenters. The number of hydrogen-bond donors (Lipinski definition) is 0. The first-order valence-electron chi connectivity index (χ1n) is 3.33. The van der Waals surface area contributed by atoms with Gasteiger partial charge in [0.25, 0.3) is 5.56 Å². The smallest absolute Gasteiger partial charge is 0.267 e. The monoisotopic (exact) mass is 161 g/mol. The van der Waals surface area contributed by atoms with Crippen LogP contribution in [0.15, 0.2) is 23.1 Å². The van der Waals surface area contributed by atoms with E-state index in [4.69, 9.17) is 5.26 Å². The number of aromatic nitrogens is 2. The van der Waals surface area contributed by atoms with Crippen molar-refractivity contribution in [3.8, 4) is 6.07 Å². The minimum absolute atomic E-state index is 0.185. The first kappa shape index (κ1) is 8.21. The molecule has 0 radical (unpaired) electrons. The Kier molecular flexibility index (Phi) is 2.38. The van der Waals surface area contributed by atoms with E-state index in [9.17, 15) is 4.79 Å². The summed E-state index contributed by atoms with van der Waals surface area (Å²) in [6.07, 6.45) is 4.36. The van der Waals surface area contributed by atoms with Gasteiger partial charge in [-0.1, -0.05) is 0 Å². The van der Waals surface area contributed by atoms with Crippen molar-refractivity contribution in [2.75, 3.05) is 0 Å². The molecule has 4 nitrogen and oxygen atoms in total. The van der Waals surface area contributed by atoms with Gasteiger partial charge < -0.3 is 0 Å². The number of aryl methyl sites for hydroxylation is 1. The first-order chi connectivity index (χ1) is 5.74. The Balaban J connectivity index is 3.07. The molecule has 0 fully saturated rings. The maximum Gasteiger partial charge on any atom is 0.267 e. The lowest BCUT2D eigenvalue weighted by Gasteiger charge is -1.94. The van der Waals surface area contributed by atoms with Gasteiger partial charge in [0.2, 0.25) is 0 Å². The van der Waals surface area contributed by atoms with E-state index in [1.807, 2.05) is 6.07 Å². The minimum atomic E-state index is -0.185. The van der Waals surface area contributed by atoms with Crippen LogP contribution in [0.2, 0.25) is 0 Å². The molecule has 1 heterocycles. The Morgan fingerprint density at radius 3 is 3.08 bits per heavy atom. The summed E-state index contributed by atoms with van der Waals surface area (Å²) in [5.41, 5.74) is 0.453. The van der Waals surface area contributed by atoms with Crippen molar-refractivity contribution in [3.05, 3.63) is 34.3 Å². The van der Waals surface area contributed by atoms with E-state index in [-0.39, 0.29) is 5.56 Å². The second kappa shape index (κ2) is 3.49. The van der Waals surface area contributed by atoms with Crippen molar-refractivity contribution in [1.82, 2.24) is 9.78 Å². The summed E-state index contributed by atoms with van der Waals surface area (Å²) in [6.45, 7) is 0. The molecule has 12 heavy (non-hydrogen) atoms. The van der Waals surface area contributed by atoms with Crippen molar-refractivity contribution in [2.24, 2.45) is 7.05 Å². The van der Waals surface area contributed by atoms with Crippen LogP contribution in [-0.2, 0) is 7.05 Å². The van der Waals surface area contributed by atoms with Gasteiger partial charge in [-0.05, 0) is 6.08 Å². The van der Waals surface area contributed by atoms with Crippen molar-refractivity contribution in [2.45, 2.75) is 0 Å². The van der Waals surface area contributed by atoms with Crippen LogP contribution in [0.3, 0.4) is 0 Å². The Hall–Kier alpha value is -1.89. The largest absolute Gasteiger partial charge is 0.268 e. The van der Waals surface area contributed by atoms with E-state index in [2.05, 4.69) is 5.10 Å². The number of allylic oxidation sites excluding steroid dienone is 1. The molecular weight excluding hydrogens is 154 g/mol. The van der Waals surface area contributed by atoms with Crippen LogP contribution in [0, 0.1) is 11.3 Å². The van der Waals surface area contributed by atoms with Gasteiger partial charge in [0.05, 0.1) is 12.3 Å². The average Bonchev–Trinajstić information content (AvgIpc) is 2.07. The van der Waals surface area contributed by atoms with Gasteiger partial charge >= 0.3 is 0 Å². The Bertz CT molecular complexity index is 397. The molecule has 4 heteroatoms. The number of nitrogens with zero attached hydrogens (tertiary/aromatic N) is 3. The van der Waals surface area contributed by atoms with Gasteiger partial charge in [-0.3, -0.25) is 4.79 Å². The molecule has 1 aromatic heterocycles. The van der Waals surface area contributed by atoms with Crippen LogP contribution in [0.1, 0.15) is 5.56 Å². The first-order valence-corrected chi connectivity index (χ1v) is 3.33. The molecule has 60 valence electrons. The van der Waals surface area contributed by atoms with E-state index < -0.39 is 0 Å². The van der Waals surface area contributed by atoms with Crippen molar-refractivity contribution < 1.29 is 0 Å². The zero-order valence-corrected chi connectivity index (χ0v) is 6.56. The molecule has 0 N–H and O–H groups in total. The van der Waals surface area contributed by atoms with Gasteiger partial charge in [-0.15, -0.1) is 0 Å². The summed E-state index contributed by atoms with van der Waals surface area (Å²) >= 11 is 0. The molecule has 0 amide bonds. The zero-order chi connectivity index (χ0) is 8.97. The number of rotatable bonds is 1. The molecule has 0 saturated carbocycles. The van der Waals surface area contributed by atoms with E-state index in [1.54, 1.807) is 7.05 Å². The third-order valence-electron chi connectivity index (χ3n) is 1.34. The van der Waals surface area contributed by atoms with Gasteiger partial charge in [0.15, 0.2) is 0 Å². The third-order valence-corrected chi connectivity index (χ3v) is 1.34. The van der Waals surface area contributed by atoms with Crippen LogP contribution in [-0.4, -0.2) is 9.78 Å². The molecule has 0 aliphatic rings.